The summed E-state index contributed by atoms with van der Waals surface area (Å²) in [4.78, 5) is 26.4. The third kappa shape index (κ3) is 2.20. The molecule has 1 amide bonds. The van der Waals surface area contributed by atoms with Gasteiger partial charge in [0.25, 0.3) is 5.91 Å². The highest BCUT2D eigenvalue weighted by atomic mass is 16.4. The molecule has 0 bridgehead atoms. The number of benzene rings is 1. The molecule has 0 aliphatic carbocycles. The van der Waals surface area contributed by atoms with Crippen molar-refractivity contribution in [1.29, 1.82) is 0 Å². The maximum Gasteiger partial charge on any atom is 0.354 e. The van der Waals surface area contributed by atoms with Crippen LogP contribution in [-0.4, -0.2) is 31.7 Å². The Labute approximate surface area is 118 Å². The number of primary amides is 1. The van der Waals surface area contributed by atoms with Crippen LogP contribution in [0.1, 0.15) is 21.0 Å². The lowest BCUT2D eigenvalue weighted by Gasteiger charge is -2.07. The number of hydrogen-bond acceptors (Lipinski definition) is 4. The molecule has 3 rings (SSSR count). The number of carbonyl (C=O) groups is 2. The van der Waals surface area contributed by atoms with E-state index in [1.54, 1.807) is 24.4 Å². The molecule has 0 atom stereocenters. The maximum atomic E-state index is 11.2. The summed E-state index contributed by atoms with van der Waals surface area (Å²) in [6.45, 7) is 0. The van der Waals surface area contributed by atoms with Gasteiger partial charge in [-0.25, -0.2) is 14.5 Å². The smallest absolute Gasteiger partial charge is 0.354 e. The van der Waals surface area contributed by atoms with Crippen LogP contribution in [0.15, 0.2) is 42.6 Å². The molecule has 1 aromatic carbocycles. The molecule has 7 nitrogen and oxygen atoms in total. The number of amides is 1. The van der Waals surface area contributed by atoms with Crippen LogP contribution in [0.3, 0.4) is 0 Å². The molecule has 3 N–H and O–H groups in total. The largest absolute Gasteiger partial charge is 0.477 e. The number of fused-ring (bicyclic) bond motifs is 1. The van der Waals surface area contributed by atoms with Crippen molar-refractivity contribution in [2.24, 2.45) is 5.73 Å². The Morgan fingerprint density at radius 3 is 2.57 bits per heavy atom. The molecule has 104 valence electrons. The SMILES string of the molecule is NC(=O)c1ccn(-c2cc(C(=O)O)nc3ccccc23)n1. The molecule has 3 aromatic rings. The molecule has 0 spiro atoms. The molecular weight excluding hydrogens is 272 g/mol. The molecule has 7 heteroatoms. The molecule has 2 aromatic heterocycles. The van der Waals surface area contributed by atoms with Gasteiger partial charge in [-0.1, -0.05) is 18.2 Å². The predicted octanol–water partition coefficient (Wildman–Crippen LogP) is 1.22. The highest BCUT2D eigenvalue weighted by molar-refractivity contribution is 5.94. The van der Waals surface area contributed by atoms with Crippen LogP contribution in [0.25, 0.3) is 16.6 Å². The van der Waals surface area contributed by atoms with Crippen LogP contribution in [0.2, 0.25) is 0 Å². The molecule has 0 saturated heterocycles. The summed E-state index contributed by atoms with van der Waals surface area (Å²) in [6.07, 6.45) is 1.55. The first-order valence-electron chi connectivity index (χ1n) is 6.05. The fourth-order valence-electron chi connectivity index (χ4n) is 2.05. The second-order valence-electron chi connectivity index (χ2n) is 4.36. The first-order chi connectivity index (χ1) is 10.1. The topological polar surface area (TPSA) is 111 Å². The second-order valence-corrected chi connectivity index (χ2v) is 4.36. The molecule has 0 aliphatic heterocycles. The number of rotatable bonds is 3. The Morgan fingerprint density at radius 2 is 1.90 bits per heavy atom. The second kappa shape index (κ2) is 4.71. The van der Waals surface area contributed by atoms with Crippen LogP contribution in [0, 0.1) is 0 Å². The Bertz CT molecular complexity index is 870. The first kappa shape index (κ1) is 12.8. The fourth-order valence-corrected chi connectivity index (χ4v) is 2.05. The quantitative estimate of drug-likeness (QED) is 0.750. The third-order valence-electron chi connectivity index (χ3n) is 3.00. The van der Waals surface area contributed by atoms with Crippen LogP contribution in [0.4, 0.5) is 0 Å². The van der Waals surface area contributed by atoms with Crippen LogP contribution >= 0.6 is 0 Å². The number of pyridine rings is 1. The number of nitrogens with zero attached hydrogens (tertiary/aromatic N) is 3. The summed E-state index contributed by atoms with van der Waals surface area (Å²) < 4.78 is 1.41. The lowest BCUT2D eigenvalue weighted by Crippen LogP contribution is -2.12. The van der Waals surface area contributed by atoms with Gasteiger partial charge in [0.05, 0.1) is 11.2 Å². The zero-order chi connectivity index (χ0) is 15.0. The first-order valence-corrected chi connectivity index (χ1v) is 6.05. The summed E-state index contributed by atoms with van der Waals surface area (Å²) >= 11 is 0. The number of carboxylic acids is 1. The summed E-state index contributed by atoms with van der Waals surface area (Å²) in [6, 6.07) is 9.97. The number of para-hydroxylation sites is 1. The van der Waals surface area contributed by atoms with Crippen molar-refractivity contribution in [1.82, 2.24) is 14.8 Å². The average Bonchev–Trinajstić information content (AvgIpc) is 2.96. The van der Waals surface area contributed by atoms with E-state index < -0.39 is 11.9 Å². The summed E-state index contributed by atoms with van der Waals surface area (Å²) in [5, 5.41) is 13.9. The fraction of sp³-hybridized carbons (Fsp3) is 0. The number of nitrogens with two attached hydrogens (primary N) is 1. The molecule has 0 unspecified atom stereocenters. The van der Waals surface area contributed by atoms with E-state index in [0.717, 1.165) is 5.39 Å². The monoisotopic (exact) mass is 282 g/mol. The minimum Gasteiger partial charge on any atom is -0.477 e. The summed E-state index contributed by atoms with van der Waals surface area (Å²) in [5.41, 5.74) is 6.23. The molecule has 0 aliphatic rings. The highest BCUT2D eigenvalue weighted by Gasteiger charge is 2.13. The normalized spacial score (nSPS) is 10.7. The summed E-state index contributed by atoms with van der Waals surface area (Å²) in [5.74, 6) is -1.78. The van der Waals surface area contributed by atoms with Crippen molar-refractivity contribution in [3.8, 4) is 5.69 Å². The molecular formula is C14H10N4O3. The molecule has 21 heavy (non-hydrogen) atoms. The van der Waals surface area contributed by atoms with Crippen molar-refractivity contribution in [2.75, 3.05) is 0 Å². The number of hydrogen-bond donors (Lipinski definition) is 2. The standard InChI is InChI=1S/C14H10N4O3/c15-13(19)10-5-6-18(17-10)12-7-11(14(20)21)16-9-4-2-1-3-8(9)12/h1-7H,(H2,15,19)(H,20,21). The van der Waals surface area contributed by atoms with Gasteiger partial charge in [-0.2, -0.15) is 5.10 Å². The van der Waals surface area contributed by atoms with E-state index in [9.17, 15) is 9.59 Å². The van der Waals surface area contributed by atoms with Gasteiger partial charge in [0.2, 0.25) is 0 Å². The van der Waals surface area contributed by atoms with Gasteiger partial charge in [-0.05, 0) is 18.2 Å². The number of aromatic nitrogens is 3. The maximum absolute atomic E-state index is 11.2. The van der Waals surface area contributed by atoms with Gasteiger partial charge >= 0.3 is 5.97 Å². The van der Waals surface area contributed by atoms with Gasteiger partial charge in [0.15, 0.2) is 5.69 Å². The lowest BCUT2D eigenvalue weighted by atomic mass is 10.1. The molecule has 0 saturated carbocycles. The van der Waals surface area contributed by atoms with Gasteiger partial charge in [0, 0.05) is 11.6 Å². The van der Waals surface area contributed by atoms with E-state index in [1.165, 1.54) is 16.8 Å². The van der Waals surface area contributed by atoms with E-state index in [2.05, 4.69) is 10.1 Å². The van der Waals surface area contributed by atoms with Crippen LogP contribution < -0.4 is 5.73 Å². The van der Waals surface area contributed by atoms with Crippen molar-refractivity contribution in [3.05, 3.63) is 54.0 Å². The molecule has 0 radical (unpaired) electrons. The van der Waals surface area contributed by atoms with Gasteiger partial charge in [-0.15, -0.1) is 0 Å². The predicted molar refractivity (Wildman–Crippen MR) is 74.3 cm³/mol. The van der Waals surface area contributed by atoms with Crippen molar-refractivity contribution >= 4 is 22.8 Å². The zero-order valence-electron chi connectivity index (χ0n) is 10.7. The molecule has 2 heterocycles. The Hall–Kier alpha value is -3.22. The van der Waals surface area contributed by atoms with Crippen molar-refractivity contribution < 1.29 is 14.7 Å². The summed E-state index contributed by atoms with van der Waals surface area (Å²) in [7, 11) is 0. The minimum atomic E-state index is -1.13. The Morgan fingerprint density at radius 1 is 1.14 bits per heavy atom. The van der Waals surface area contributed by atoms with Gasteiger partial charge in [-0.3, -0.25) is 4.79 Å². The van der Waals surface area contributed by atoms with E-state index in [-0.39, 0.29) is 11.4 Å². The van der Waals surface area contributed by atoms with Crippen molar-refractivity contribution in [3.63, 3.8) is 0 Å². The Kier molecular flexibility index (Phi) is 2.87. The lowest BCUT2D eigenvalue weighted by molar-refractivity contribution is 0.0690. The van der Waals surface area contributed by atoms with E-state index >= 15 is 0 Å². The zero-order valence-corrected chi connectivity index (χ0v) is 10.7. The van der Waals surface area contributed by atoms with Crippen LogP contribution in [0.5, 0.6) is 0 Å². The average molecular weight is 282 g/mol. The van der Waals surface area contributed by atoms with E-state index in [0.29, 0.717) is 11.2 Å². The molecule has 0 fully saturated rings. The minimum absolute atomic E-state index is 0.0974. The van der Waals surface area contributed by atoms with E-state index in [1.807, 2.05) is 6.07 Å². The highest BCUT2D eigenvalue weighted by Crippen LogP contribution is 2.22. The van der Waals surface area contributed by atoms with Gasteiger partial charge in [0.1, 0.15) is 5.69 Å². The number of carbonyl (C=O) groups excluding carboxylic acids is 1. The van der Waals surface area contributed by atoms with Crippen LogP contribution in [-0.2, 0) is 0 Å². The van der Waals surface area contributed by atoms with Crippen molar-refractivity contribution in [2.45, 2.75) is 0 Å². The third-order valence-corrected chi connectivity index (χ3v) is 3.00. The Balaban J connectivity index is 2.28. The van der Waals surface area contributed by atoms with Gasteiger partial charge < -0.3 is 10.8 Å². The number of aromatic carboxylic acids is 1. The number of carboxylic acid groups (broad SMARTS) is 1. The van der Waals surface area contributed by atoms with E-state index in [4.69, 9.17) is 10.8 Å².